The number of nitrogens with one attached hydrogen (secondary N) is 1. The van der Waals surface area contributed by atoms with E-state index in [4.69, 9.17) is 19.2 Å². The van der Waals surface area contributed by atoms with Gasteiger partial charge in [0.05, 0.1) is 48.3 Å². The fourth-order valence-corrected chi connectivity index (χ4v) is 3.99. The first-order chi connectivity index (χ1) is 15.5. The minimum atomic E-state index is -0.567. The smallest absolute Gasteiger partial charge is 0.222 e. The van der Waals surface area contributed by atoms with Crippen molar-refractivity contribution in [3.05, 3.63) is 36.3 Å². The van der Waals surface area contributed by atoms with Crippen molar-refractivity contribution in [1.82, 2.24) is 14.5 Å². The van der Waals surface area contributed by atoms with Crippen molar-refractivity contribution < 1.29 is 24.1 Å². The summed E-state index contributed by atoms with van der Waals surface area (Å²) in [6.45, 7) is 3.23. The van der Waals surface area contributed by atoms with Crippen LogP contribution in [0.2, 0.25) is 0 Å². The number of hydrogen-bond donors (Lipinski definition) is 2. The van der Waals surface area contributed by atoms with Crippen molar-refractivity contribution in [3.63, 3.8) is 0 Å². The fourth-order valence-electron chi connectivity index (χ4n) is 3.99. The third-order valence-corrected chi connectivity index (χ3v) is 5.76. The zero-order chi connectivity index (χ0) is 22.7. The number of nitrogens with zero attached hydrogens (tertiary/aromatic N) is 3. The van der Waals surface area contributed by atoms with E-state index in [9.17, 15) is 9.90 Å². The van der Waals surface area contributed by atoms with Crippen molar-refractivity contribution in [2.24, 2.45) is 7.05 Å². The monoisotopic (exact) mass is 440 g/mol. The maximum Gasteiger partial charge on any atom is 0.222 e. The summed E-state index contributed by atoms with van der Waals surface area (Å²) in [4.78, 5) is 20.8. The van der Waals surface area contributed by atoms with Crippen molar-refractivity contribution in [1.29, 1.82) is 0 Å². The van der Waals surface area contributed by atoms with Crippen LogP contribution in [0, 0.1) is 0 Å². The molecule has 0 saturated carbocycles. The van der Waals surface area contributed by atoms with Gasteiger partial charge >= 0.3 is 0 Å². The number of methoxy groups -OCH3 is 1. The first-order valence-electron chi connectivity index (χ1n) is 10.5. The summed E-state index contributed by atoms with van der Waals surface area (Å²) in [6, 6.07) is 5.60. The molecule has 9 heteroatoms. The summed E-state index contributed by atoms with van der Waals surface area (Å²) in [6.07, 6.45) is 4.39. The molecule has 0 unspecified atom stereocenters. The highest BCUT2D eigenvalue weighted by molar-refractivity contribution is 5.98. The van der Waals surface area contributed by atoms with E-state index in [1.807, 2.05) is 36.0 Å². The Kier molecular flexibility index (Phi) is 6.40. The van der Waals surface area contributed by atoms with Crippen molar-refractivity contribution in [2.45, 2.75) is 18.8 Å². The molecule has 2 N–H and O–H groups in total. The molecule has 1 atom stereocenters. The molecular formula is C23H28N4O5. The Hall–Kier alpha value is -3.01. The van der Waals surface area contributed by atoms with Gasteiger partial charge in [0.1, 0.15) is 18.2 Å². The van der Waals surface area contributed by atoms with E-state index in [-0.39, 0.29) is 12.5 Å². The van der Waals surface area contributed by atoms with Gasteiger partial charge in [0.2, 0.25) is 5.91 Å². The van der Waals surface area contributed by atoms with Gasteiger partial charge in [-0.3, -0.25) is 9.78 Å². The number of carbonyl (C=O) groups is 1. The van der Waals surface area contributed by atoms with Crippen LogP contribution in [0.1, 0.15) is 19.0 Å². The third-order valence-electron chi connectivity index (χ3n) is 5.76. The van der Waals surface area contributed by atoms with E-state index in [1.165, 1.54) is 6.92 Å². The second-order valence-electron chi connectivity index (χ2n) is 8.08. The Morgan fingerprint density at radius 2 is 2.19 bits per heavy atom. The zero-order valence-electron chi connectivity index (χ0n) is 18.6. The van der Waals surface area contributed by atoms with Gasteiger partial charge in [-0.1, -0.05) is 0 Å². The average Bonchev–Trinajstić information content (AvgIpc) is 3.39. The average molecular weight is 441 g/mol. The van der Waals surface area contributed by atoms with E-state index in [0.717, 1.165) is 22.2 Å². The van der Waals surface area contributed by atoms with Crippen LogP contribution in [0.15, 0.2) is 30.6 Å². The first-order valence-corrected chi connectivity index (χ1v) is 10.5. The quantitative estimate of drug-likeness (QED) is 0.518. The number of ether oxygens (including phenoxy) is 3. The lowest BCUT2D eigenvalue weighted by Gasteiger charge is -2.25. The summed E-state index contributed by atoms with van der Waals surface area (Å²) in [7, 11) is 3.56. The molecule has 3 aromatic rings. The van der Waals surface area contributed by atoms with Crippen molar-refractivity contribution in [3.8, 4) is 17.0 Å². The predicted molar refractivity (Wildman–Crippen MR) is 120 cm³/mol. The van der Waals surface area contributed by atoms with Gasteiger partial charge in [-0.05, 0) is 12.5 Å². The van der Waals surface area contributed by atoms with Gasteiger partial charge in [-0.15, -0.1) is 0 Å². The van der Waals surface area contributed by atoms with Gasteiger partial charge in [0.25, 0.3) is 0 Å². The summed E-state index contributed by atoms with van der Waals surface area (Å²) in [5.41, 5.74) is 2.66. The predicted octanol–water partition coefficient (Wildman–Crippen LogP) is 2.27. The van der Waals surface area contributed by atoms with E-state index >= 15 is 0 Å². The summed E-state index contributed by atoms with van der Waals surface area (Å²) >= 11 is 0. The molecule has 4 rings (SSSR count). The van der Waals surface area contributed by atoms with Gasteiger partial charge in [-0.2, -0.15) is 0 Å². The van der Waals surface area contributed by atoms with E-state index in [2.05, 4.69) is 10.3 Å². The molecule has 32 heavy (non-hydrogen) atoms. The Bertz CT molecular complexity index is 1120. The van der Waals surface area contributed by atoms with E-state index in [1.54, 1.807) is 13.3 Å². The molecule has 1 aliphatic rings. The van der Waals surface area contributed by atoms with Crippen LogP contribution in [0.25, 0.3) is 22.2 Å². The number of fused-ring (bicyclic) bond motifs is 1. The molecule has 0 radical (unpaired) electrons. The molecular weight excluding hydrogens is 412 g/mol. The van der Waals surface area contributed by atoms with Crippen LogP contribution < -0.4 is 10.1 Å². The highest BCUT2D eigenvalue weighted by atomic mass is 16.5. The highest BCUT2D eigenvalue weighted by Gasteiger charge is 2.38. The Balaban J connectivity index is 1.84. The molecule has 0 bridgehead atoms. The molecule has 0 aromatic carbocycles. The highest BCUT2D eigenvalue weighted by Crippen LogP contribution is 2.37. The summed E-state index contributed by atoms with van der Waals surface area (Å²) in [5, 5.41) is 13.8. The van der Waals surface area contributed by atoms with Crippen molar-refractivity contribution >= 4 is 22.6 Å². The summed E-state index contributed by atoms with van der Waals surface area (Å²) in [5.74, 6) is 0.936. The number of aromatic nitrogens is 3. The lowest BCUT2D eigenvalue weighted by Crippen LogP contribution is -2.32. The number of carbonyl (C=O) groups excluding carboxylic acids is 1. The minimum absolute atomic E-state index is 0.0624. The normalized spacial score (nSPS) is 18.2. The molecule has 0 aliphatic carbocycles. The maximum absolute atomic E-state index is 11.5. The molecule has 3 aromatic heterocycles. The number of hydrogen-bond acceptors (Lipinski definition) is 7. The van der Waals surface area contributed by atoms with Gasteiger partial charge in [0.15, 0.2) is 0 Å². The Morgan fingerprint density at radius 1 is 1.34 bits per heavy atom. The van der Waals surface area contributed by atoms with E-state index < -0.39 is 5.41 Å². The second kappa shape index (κ2) is 9.23. The number of rotatable bonds is 8. The van der Waals surface area contributed by atoms with Crippen molar-refractivity contribution in [2.75, 3.05) is 45.5 Å². The van der Waals surface area contributed by atoms with Gasteiger partial charge < -0.3 is 29.2 Å². The standard InChI is InChI=1S/C23H28N4O5/c1-15(29)25-22-10-17-18(12-27(2)20(17)11-24-22)19-8-16(32-7-6-30-3)9-21(26-19)23(13-28)4-5-31-14-23/h8-12,28H,4-7,13-14H2,1-3H3,(H,24,25,29)/t23-/m0/s1. The molecule has 170 valence electrons. The molecule has 1 saturated heterocycles. The number of aliphatic hydroxyl groups excluding tert-OH is 1. The zero-order valence-corrected chi connectivity index (χ0v) is 18.6. The van der Waals surface area contributed by atoms with Crippen LogP contribution in [0.3, 0.4) is 0 Å². The molecule has 9 nitrogen and oxygen atoms in total. The first kappa shape index (κ1) is 22.2. The SMILES string of the molecule is COCCOc1cc(-c2cn(C)c3cnc(NC(C)=O)cc23)nc([C@]2(CO)CCOC2)c1. The molecule has 4 heterocycles. The molecule has 1 amide bonds. The lowest BCUT2D eigenvalue weighted by molar-refractivity contribution is -0.114. The minimum Gasteiger partial charge on any atom is -0.491 e. The van der Waals surface area contributed by atoms with Gasteiger partial charge in [-0.25, -0.2) is 4.98 Å². The van der Waals surface area contributed by atoms with Crippen LogP contribution in [-0.2, 0) is 26.7 Å². The van der Waals surface area contributed by atoms with Gasteiger partial charge in [0, 0.05) is 57.0 Å². The molecule has 0 spiro atoms. The summed E-state index contributed by atoms with van der Waals surface area (Å²) < 4.78 is 18.6. The Labute approximate surface area is 186 Å². The van der Waals surface area contributed by atoms with Crippen LogP contribution in [0.4, 0.5) is 5.82 Å². The third kappa shape index (κ3) is 4.32. The van der Waals surface area contributed by atoms with Crippen LogP contribution >= 0.6 is 0 Å². The maximum atomic E-state index is 11.5. The van der Waals surface area contributed by atoms with Crippen LogP contribution in [-0.4, -0.2) is 65.7 Å². The number of aliphatic hydroxyl groups is 1. The fraction of sp³-hybridized carbons (Fsp3) is 0.435. The second-order valence-corrected chi connectivity index (χ2v) is 8.08. The number of pyridine rings is 2. The largest absolute Gasteiger partial charge is 0.491 e. The van der Waals surface area contributed by atoms with Crippen LogP contribution in [0.5, 0.6) is 5.75 Å². The molecule has 1 fully saturated rings. The number of amides is 1. The number of anilines is 1. The lowest BCUT2D eigenvalue weighted by atomic mass is 9.84. The van der Waals surface area contributed by atoms with E-state index in [0.29, 0.717) is 50.1 Å². The Morgan fingerprint density at radius 3 is 2.88 bits per heavy atom. The topological polar surface area (TPSA) is 108 Å². The number of aryl methyl sites for hydroxylation is 1. The molecule has 1 aliphatic heterocycles.